The largest absolute Gasteiger partial charge is 0.395 e. The third-order valence-corrected chi connectivity index (χ3v) is 6.63. The zero-order valence-corrected chi connectivity index (χ0v) is 22.3. The Balaban J connectivity index is 1.60. The molecule has 0 amide bonds. The van der Waals surface area contributed by atoms with Crippen LogP contribution in [-0.2, 0) is 0 Å². The SMILES string of the molecule is Cc1cc(Nc2ccc(F)cc2)c2ccccc2c1/N=C1/C=CC(N(CCO)CCO)=C/C1=N\c1ccccc1. The van der Waals surface area contributed by atoms with Gasteiger partial charge in [-0.2, -0.15) is 0 Å². The van der Waals surface area contributed by atoms with Crippen LogP contribution in [0.5, 0.6) is 0 Å². The van der Waals surface area contributed by atoms with Crippen molar-refractivity contribution in [3.8, 4) is 0 Å². The maximum Gasteiger partial charge on any atom is 0.123 e. The smallest absolute Gasteiger partial charge is 0.123 e. The lowest BCUT2D eigenvalue weighted by molar-refractivity contribution is 0.192. The molecule has 40 heavy (non-hydrogen) atoms. The Kier molecular flexibility index (Phi) is 8.44. The van der Waals surface area contributed by atoms with Crippen molar-refractivity contribution in [3.05, 3.63) is 120 Å². The van der Waals surface area contributed by atoms with E-state index in [0.29, 0.717) is 24.5 Å². The molecule has 0 aliphatic heterocycles. The summed E-state index contributed by atoms with van der Waals surface area (Å²) >= 11 is 0. The van der Waals surface area contributed by atoms with Crippen molar-refractivity contribution < 1.29 is 14.6 Å². The second kappa shape index (κ2) is 12.5. The third kappa shape index (κ3) is 6.17. The fourth-order valence-electron chi connectivity index (χ4n) is 4.71. The predicted octanol–water partition coefficient (Wildman–Crippen LogP) is 6.62. The molecule has 6 nitrogen and oxygen atoms in total. The van der Waals surface area contributed by atoms with Gasteiger partial charge in [0, 0.05) is 40.9 Å². The molecule has 7 heteroatoms. The van der Waals surface area contributed by atoms with Crippen molar-refractivity contribution >= 4 is 44.9 Å². The first-order valence-corrected chi connectivity index (χ1v) is 13.2. The Labute approximate surface area is 233 Å². The van der Waals surface area contributed by atoms with Gasteiger partial charge in [0.1, 0.15) is 5.82 Å². The van der Waals surface area contributed by atoms with Crippen LogP contribution in [0.25, 0.3) is 10.8 Å². The molecule has 0 radical (unpaired) electrons. The number of aliphatic hydroxyl groups excluding tert-OH is 2. The van der Waals surface area contributed by atoms with Crippen LogP contribution in [0, 0.1) is 12.7 Å². The van der Waals surface area contributed by atoms with Gasteiger partial charge in [-0.05, 0) is 73.2 Å². The van der Waals surface area contributed by atoms with Crippen LogP contribution in [-0.4, -0.2) is 52.8 Å². The lowest BCUT2D eigenvalue weighted by atomic mass is 10.0. The summed E-state index contributed by atoms with van der Waals surface area (Å²) in [6.45, 7) is 2.76. The predicted molar refractivity (Wildman–Crippen MR) is 162 cm³/mol. The number of aliphatic imine (C=N–C) groups is 2. The molecule has 202 valence electrons. The summed E-state index contributed by atoms with van der Waals surface area (Å²) in [6, 6.07) is 26.1. The van der Waals surface area contributed by atoms with Crippen LogP contribution < -0.4 is 5.32 Å². The molecule has 0 unspecified atom stereocenters. The monoisotopic (exact) mass is 534 g/mol. The fourth-order valence-corrected chi connectivity index (χ4v) is 4.71. The number of aliphatic hydroxyl groups is 2. The van der Waals surface area contributed by atoms with Crippen LogP contribution >= 0.6 is 0 Å². The van der Waals surface area contributed by atoms with E-state index in [0.717, 1.165) is 44.8 Å². The highest BCUT2D eigenvalue weighted by atomic mass is 19.1. The van der Waals surface area contributed by atoms with Crippen molar-refractivity contribution in [2.75, 3.05) is 31.6 Å². The Morgan fingerprint density at radius 1 is 0.775 bits per heavy atom. The van der Waals surface area contributed by atoms with Gasteiger partial charge in [-0.15, -0.1) is 0 Å². The van der Waals surface area contributed by atoms with E-state index in [2.05, 4.69) is 11.4 Å². The van der Waals surface area contributed by atoms with Gasteiger partial charge in [-0.25, -0.2) is 14.4 Å². The fraction of sp³-hybridized carbons (Fsp3) is 0.152. The molecule has 0 heterocycles. The molecular formula is C33H31FN4O2. The second-order valence-electron chi connectivity index (χ2n) is 9.43. The standard InChI is InChI=1S/C33H31FN4O2/c1-23-21-31(35-26-13-11-24(34)12-14-26)28-9-5-6-10-29(28)33(23)37-30-16-15-27(38(17-19-39)18-20-40)22-32(30)36-25-7-3-2-4-8-25/h2-16,21-22,35,39-40H,17-20H2,1H3/b36-32+,37-30-. The number of allylic oxidation sites excluding steroid dienone is 3. The number of rotatable bonds is 9. The van der Waals surface area contributed by atoms with E-state index in [1.807, 2.05) is 84.6 Å². The number of nitrogens with one attached hydrogen (secondary N) is 1. The van der Waals surface area contributed by atoms with Gasteiger partial charge in [-0.1, -0.05) is 42.5 Å². The van der Waals surface area contributed by atoms with Crippen LogP contribution in [0.1, 0.15) is 5.56 Å². The van der Waals surface area contributed by atoms with Gasteiger partial charge in [-0.3, -0.25) is 0 Å². The van der Waals surface area contributed by atoms with Gasteiger partial charge in [0.05, 0.1) is 36.0 Å². The minimum absolute atomic E-state index is 0.0270. The van der Waals surface area contributed by atoms with E-state index in [9.17, 15) is 14.6 Å². The number of anilines is 2. The van der Waals surface area contributed by atoms with E-state index < -0.39 is 0 Å². The number of hydrogen-bond acceptors (Lipinski definition) is 6. The highest BCUT2D eigenvalue weighted by Crippen LogP contribution is 2.37. The second-order valence-corrected chi connectivity index (χ2v) is 9.43. The summed E-state index contributed by atoms with van der Waals surface area (Å²) in [6.07, 6.45) is 5.81. The zero-order valence-electron chi connectivity index (χ0n) is 22.3. The molecule has 0 bridgehead atoms. The molecule has 0 spiro atoms. The summed E-state index contributed by atoms with van der Waals surface area (Å²) in [5, 5.41) is 24.5. The van der Waals surface area contributed by atoms with Gasteiger partial charge >= 0.3 is 0 Å². The Hall–Kier alpha value is -4.59. The molecule has 0 aromatic heterocycles. The molecule has 0 saturated heterocycles. The molecule has 4 aromatic carbocycles. The first-order chi connectivity index (χ1) is 19.6. The topological polar surface area (TPSA) is 80.5 Å². The van der Waals surface area contributed by atoms with Crippen LogP contribution in [0.3, 0.4) is 0 Å². The molecular weight excluding hydrogens is 503 g/mol. The molecule has 1 aliphatic rings. The quantitative estimate of drug-likeness (QED) is 0.211. The average molecular weight is 535 g/mol. The summed E-state index contributed by atoms with van der Waals surface area (Å²) in [5.74, 6) is -0.278. The van der Waals surface area contributed by atoms with Gasteiger partial charge in [0.25, 0.3) is 0 Å². The number of benzene rings is 4. The number of fused-ring (bicyclic) bond motifs is 1. The number of nitrogens with zero attached hydrogens (tertiary/aromatic N) is 3. The van der Waals surface area contributed by atoms with Gasteiger partial charge in [0.15, 0.2) is 0 Å². The van der Waals surface area contributed by atoms with Crippen LogP contribution in [0.15, 0.2) is 119 Å². The Morgan fingerprint density at radius 3 is 2.15 bits per heavy atom. The minimum atomic E-state index is -0.278. The summed E-state index contributed by atoms with van der Waals surface area (Å²) in [7, 11) is 0. The highest BCUT2D eigenvalue weighted by Gasteiger charge is 2.17. The summed E-state index contributed by atoms with van der Waals surface area (Å²) < 4.78 is 13.4. The van der Waals surface area contributed by atoms with E-state index in [1.165, 1.54) is 12.1 Å². The Morgan fingerprint density at radius 2 is 1.45 bits per heavy atom. The number of para-hydroxylation sites is 1. The molecule has 5 rings (SSSR count). The molecule has 4 aromatic rings. The van der Waals surface area contributed by atoms with Crippen LogP contribution in [0.2, 0.25) is 0 Å². The lowest BCUT2D eigenvalue weighted by Gasteiger charge is -2.26. The summed E-state index contributed by atoms with van der Waals surface area (Å²) in [4.78, 5) is 12.0. The minimum Gasteiger partial charge on any atom is -0.395 e. The molecule has 0 saturated carbocycles. The zero-order chi connectivity index (χ0) is 27.9. The molecule has 0 atom stereocenters. The number of hydrogen-bond donors (Lipinski definition) is 3. The highest BCUT2D eigenvalue weighted by molar-refractivity contribution is 6.52. The molecule has 3 N–H and O–H groups in total. The molecule has 1 aliphatic carbocycles. The maximum absolute atomic E-state index is 13.4. The first-order valence-electron chi connectivity index (χ1n) is 13.2. The Bertz CT molecular complexity index is 1600. The summed E-state index contributed by atoms with van der Waals surface area (Å²) in [5.41, 5.74) is 6.54. The van der Waals surface area contributed by atoms with Crippen molar-refractivity contribution in [2.24, 2.45) is 9.98 Å². The number of halogens is 1. The van der Waals surface area contributed by atoms with Crippen molar-refractivity contribution in [1.29, 1.82) is 0 Å². The average Bonchev–Trinajstić information content (AvgIpc) is 2.97. The van der Waals surface area contributed by atoms with Gasteiger partial charge in [0.2, 0.25) is 0 Å². The van der Waals surface area contributed by atoms with E-state index >= 15 is 0 Å². The number of aryl methyl sites for hydroxylation is 1. The van der Waals surface area contributed by atoms with Crippen molar-refractivity contribution in [3.63, 3.8) is 0 Å². The maximum atomic E-state index is 13.4. The van der Waals surface area contributed by atoms with Crippen molar-refractivity contribution in [1.82, 2.24) is 4.90 Å². The van der Waals surface area contributed by atoms with Crippen molar-refractivity contribution in [2.45, 2.75) is 6.92 Å². The molecule has 0 fully saturated rings. The lowest BCUT2D eigenvalue weighted by Crippen LogP contribution is -2.31. The van der Waals surface area contributed by atoms with E-state index in [4.69, 9.17) is 9.98 Å². The van der Waals surface area contributed by atoms with Gasteiger partial charge < -0.3 is 20.4 Å². The van der Waals surface area contributed by atoms with Crippen LogP contribution in [0.4, 0.5) is 27.1 Å². The normalized spacial score (nSPS) is 15.1. The third-order valence-electron chi connectivity index (χ3n) is 6.63. The first kappa shape index (κ1) is 27.0. The van der Waals surface area contributed by atoms with E-state index in [-0.39, 0.29) is 19.0 Å². The van der Waals surface area contributed by atoms with E-state index in [1.54, 1.807) is 12.1 Å².